The molecule has 0 aliphatic carbocycles. The van der Waals surface area contributed by atoms with Gasteiger partial charge in [-0.2, -0.15) is 0 Å². The number of rotatable bonds is 9. The Labute approximate surface area is 173 Å². The standard InChI is InChI=1S/C19H27N5O6/c1-3-4-13(26)29-8-11(2)5-6-20-17-14-18(22-9-21-17)24(10-23-14)19-16(28)15(27)12(7-25)30-19/h5,9-10,12,15-16,19,25,27-28H,3-4,6-8H2,1-2H3,(H,20,21,22)/b11-5+/t12-,15-,16-,19-/m1/s1. The molecule has 4 N–H and O–H groups in total. The van der Waals surface area contributed by atoms with Crippen molar-refractivity contribution in [2.75, 3.05) is 25.1 Å². The predicted octanol–water partition coefficient (Wildman–Crippen LogP) is 0.139. The van der Waals surface area contributed by atoms with Crippen LogP contribution in [-0.4, -0.2) is 78.9 Å². The average Bonchev–Trinajstić information content (AvgIpc) is 3.28. The maximum atomic E-state index is 11.4. The minimum Gasteiger partial charge on any atom is -0.461 e. The molecule has 0 radical (unpaired) electrons. The van der Waals surface area contributed by atoms with Crippen LogP contribution in [0.25, 0.3) is 11.2 Å². The Hall–Kier alpha value is -2.60. The minimum atomic E-state index is -1.23. The van der Waals surface area contributed by atoms with E-state index in [1.807, 2.05) is 19.9 Å². The molecular formula is C19H27N5O6. The Bertz CT molecular complexity index is 901. The Kier molecular flexibility index (Phi) is 7.32. The van der Waals surface area contributed by atoms with Gasteiger partial charge in [0, 0.05) is 13.0 Å². The van der Waals surface area contributed by atoms with Gasteiger partial charge in [-0.3, -0.25) is 9.36 Å². The number of ether oxygens (including phenoxy) is 2. The largest absolute Gasteiger partial charge is 0.461 e. The van der Waals surface area contributed by atoms with E-state index >= 15 is 0 Å². The van der Waals surface area contributed by atoms with Crippen LogP contribution in [0, 0.1) is 0 Å². The van der Waals surface area contributed by atoms with Gasteiger partial charge in [-0.25, -0.2) is 15.0 Å². The molecule has 0 saturated carbocycles. The lowest BCUT2D eigenvalue weighted by molar-refractivity contribution is -0.142. The number of aromatic nitrogens is 4. The van der Waals surface area contributed by atoms with E-state index in [9.17, 15) is 20.1 Å². The number of hydrogen-bond donors (Lipinski definition) is 4. The smallest absolute Gasteiger partial charge is 0.306 e. The summed E-state index contributed by atoms with van der Waals surface area (Å²) < 4.78 is 12.2. The fourth-order valence-corrected chi connectivity index (χ4v) is 3.13. The van der Waals surface area contributed by atoms with Crippen molar-refractivity contribution in [1.82, 2.24) is 19.5 Å². The number of esters is 1. The van der Waals surface area contributed by atoms with Crippen LogP contribution in [0.5, 0.6) is 0 Å². The van der Waals surface area contributed by atoms with Gasteiger partial charge >= 0.3 is 5.97 Å². The van der Waals surface area contributed by atoms with Gasteiger partial charge in [0.05, 0.1) is 12.9 Å². The highest BCUT2D eigenvalue weighted by Gasteiger charge is 2.44. The molecule has 2 aromatic heterocycles. The van der Waals surface area contributed by atoms with Crippen molar-refractivity contribution in [2.45, 2.75) is 51.2 Å². The molecule has 11 heteroatoms. The zero-order valence-corrected chi connectivity index (χ0v) is 16.9. The number of anilines is 1. The first-order chi connectivity index (χ1) is 14.5. The quantitative estimate of drug-likeness (QED) is 0.325. The predicted molar refractivity (Wildman–Crippen MR) is 106 cm³/mol. The van der Waals surface area contributed by atoms with E-state index < -0.39 is 31.1 Å². The van der Waals surface area contributed by atoms with E-state index in [-0.39, 0.29) is 12.6 Å². The summed E-state index contributed by atoms with van der Waals surface area (Å²) in [5.74, 6) is 0.267. The van der Waals surface area contributed by atoms with Crippen molar-refractivity contribution in [2.24, 2.45) is 0 Å². The second kappa shape index (κ2) is 9.94. The molecule has 1 saturated heterocycles. The SMILES string of the molecule is CCCC(=O)OC/C(C)=C/CNc1ncnc2c1ncn2[C@@H]1O[C@H](CO)[C@@H](O)[C@H]1O. The van der Waals surface area contributed by atoms with Crippen LogP contribution in [0.4, 0.5) is 5.82 Å². The number of carbonyl (C=O) groups excluding carboxylic acids is 1. The molecular weight excluding hydrogens is 394 g/mol. The van der Waals surface area contributed by atoms with Crippen LogP contribution < -0.4 is 5.32 Å². The molecule has 0 spiro atoms. The first-order valence-corrected chi connectivity index (χ1v) is 9.81. The van der Waals surface area contributed by atoms with Gasteiger partial charge in [0.25, 0.3) is 0 Å². The maximum Gasteiger partial charge on any atom is 0.306 e. The van der Waals surface area contributed by atoms with Gasteiger partial charge in [0.2, 0.25) is 0 Å². The third-order valence-corrected chi connectivity index (χ3v) is 4.79. The molecule has 1 fully saturated rings. The van der Waals surface area contributed by atoms with E-state index in [0.29, 0.717) is 29.9 Å². The molecule has 30 heavy (non-hydrogen) atoms. The zero-order chi connectivity index (χ0) is 21.7. The van der Waals surface area contributed by atoms with E-state index in [4.69, 9.17) is 9.47 Å². The number of aliphatic hydroxyl groups is 3. The zero-order valence-electron chi connectivity index (χ0n) is 16.9. The third-order valence-electron chi connectivity index (χ3n) is 4.79. The summed E-state index contributed by atoms with van der Waals surface area (Å²) >= 11 is 0. The first-order valence-electron chi connectivity index (χ1n) is 9.81. The Morgan fingerprint density at radius 1 is 1.33 bits per heavy atom. The molecule has 0 amide bonds. The van der Waals surface area contributed by atoms with Crippen LogP contribution in [0.2, 0.25) is 0 Å². The van der Waals surface area contributed by atoms with Gasteiger partial charge < -0.3 is 30.1 Å². The monoisotopic (exact) mass is 421 g/mol. The maximum absolute atomic E-state index is 11.4. The van der Waals surface area contributed by atoms with Crippen molar-refractivity contribution >= 4 is 23.0 Å². The van der Waals surface area contributed by atoms with Crippen molar-refractivity contribution < 1.29 is 29.6 Å². The summed E-state index contributed by atoms with van der Waals surface area (Å²) in [5, 5.41) is 32.6. The summed E-state index contributed by atoms with van der Waals surface area (Å²) in [6, 6.07) is 0. The summed E-state index contributed by atoms with van der Waals surface area (Å²) in [4.78, 5) is 24.1. The number of nitrogens with zero attached hydrogens (tertiary/aromatic N) is 4. The normalized spacial score (nSPS) is 24.4. The molecule has 2 aromatic rings. The molecule has 3 heterocycles. The lowest BCUT2D eigenvalue weighted by Gasteiger charge is -2.16. The number of carbonyl (C=O) groups is 1. The number of aliphatic hydroxyl groups excluding tert-OH is 3. The number of hydrogen-bond acceptors (Lipinski definition) is 10. The van der Waals surface area contributed by atoms with Crippen molar-refractivity contribution in [3.63, 3.8) is 0 Å². The Balaban J connectivity index is 1.67. The topological polar surface area (TPSA) is 152 Å². The van der Waals surface area contributed by atoms with Gasteiger partial charge in [0.1, 0.15) is 31.2 Å². The van der Waals surface area contributed by atoms with Gasteiger partial charge in [-0.15, -0.1) is 0 Å². The van der Waals surface area contributed by atoms with E-state index in [0.717, 1.165) is 12.0 Å². The van der Waals surface area contributed by atoms with Crippen LogP contribution >= 0.6 is 0 Å². The fourth-order valence-electron chi connectivity index (χ4n) is 3.13. The van der Waals surface area contributed by atoms with Crippen molar-refractivity contribution in [3.8, 4) is 0 Å². The molecule has 0 aromatic carbocycles. The van der Waals surface area contributed by atoms with E-state index in [2.05, 4.69) is 20.3 Å². The average molecular weight is 421 g/mol. The second-order valence-corrected chi connectivity index (χ2v) is 7.12. The molecule has 1 aliphatic heterocycles. The number of fused-ring (bicyclic) bond motifs is 1. The Morgan fingerprint density at radius 3 is 2.83 bits per heavy atom. The lowest BCUT2D eigenvalue weighted by atomic mass is 10.1. The van der Waals surface area contributed by atoms with Crippen LogP contribution in [-0.2, 0) is 14.3 Å². The van der Waals surface area contributed by atoms with Gasteiger partial charge in [-0.1, -0.05) is 13.0 Å². The number of imidazole rings is 1. The Morgan fingerprint density at radius 2 is 2.13 bits per heavy atom. The lowest BCUT2D eigenvalue weighted by Crippen LogP contribution is -2.33. The van der Waals surface area contributed by atoms with Crippen molar-refractivity contribution in [1.29, 1.82) is 0 Å². The highest BCUT2D eigenvalue weighted by molar-refractivity contribution is 5.82. The summed E-state index contributed by atoms with van der Waals surface area (Å²) in [6.45, 7) is 4.05. The molecule has 3 rings (SSSR count). The van der Waals surface area contributed by atoms with Crippen LogP contribution in [0.15, 0.2) is 24.3 Å². The summed E-state index contributed by atoms with van der Waals surface area (Å²) in [5.41, 5.74) is 1.78. The number of nitrogens with one attached hydrogen (secondary N) is 1. The summed E-state index contributed by atoms with van der Waals surface area (Å²) in [6.07, 6.45) is 1.59. The highest BCUT2D eigenvalue weighted by Crippen LogP contribution is 2.32. The highest BCUT2D eigenvalue weighted by atomic mass is 16.6. The van der Waals surface area contributed by atoms with E-state index in [1.165, 1.54) is 17.2 Å². The third kappa shape index (κ3) is 4.75. The van der Waals surface area contributed by atoms with E-state index in [1.54, 1.807) is 0 Å². The molecule has 4 atom stereocenters. The van der Waals surface area contributed by atoms with Crippen molar-refractivity contribution in [3.05, 3.63) is 24.3 Å². The fraction of sp³-hybridized carbons (Fsp3) is 0.579. The molecule has 1 aliphatic rings. The second-order valence-electron chi connectivity index (χ2n) is 7.12. The molecule has 0 unspecified atom stereocenters. The molecule has 164 valence electrons. The van der Waals surface area contributed by atoms with Crippen LogP contribution in [0.3, 0.4) is 0 Å². The first kappa shape index (κ1) is 22.1. The van der Waals surface area contributed by atoms with Crippen LogP contribution in [0.1, 0.15) is 32.9 Å². The molecule has 11 nitrogen and oxygen atoms in total. The minimum absolute atomic E-state index is 0.217. The van der Waals surface area contributed by atoms with Gasteiger partial charge in [-0.05, 0) is 18.9 Å². The molecule has 0 bridgehead atoms. The summed E-state index contributed by atoms with van der Waals surface area (Å²) in [7, 11) is 0. The van der Waals surface area contributed by atoms with Gasteiger partial charge in [0.15, 0.2) is 23.2 Å².